The fourth-order valence-electron chi connectivity index (χ4n) is 4.59. The summed E-state index contributed by atoms with van der Waals surface area (Å²) in [5.41, 5.74) is 3.43. The van der Waals surface area contributed by atoms with Crippen LogP contribution in [0.25, 0.3) is 10.9 Å². The first kappa shape index (κ1) is 30.4. The maximum absolute atomic E-state index is 12.8. The molecule has 0 spiro atoms. The summed E-state index contributed by atoms with van der Waals surface area (Å²) in [5.74, 6) is 0.299. The average molecular weight is 612 g/mol. The lowest BCUT2D eigenvalue weighted by molar-refractivity contribution is -0.140. The number of rotatable bonds is 12. The second kappa shape index (κ2) is 13.9. The van der Waals surface area contributed by atoms with E-state index in [1.165, 1.54) is 19.4 Å². The number of ether oxygens (including phenoxy) is 3. The summed E-state index contributed by atoms with van der Waals surface area (Å²) in [6.45, 7) is 3.61. The van der Waals surface area contributed by atoms with Gasteiger partial charge in [-0.1, -0.05) is 48.0 Å². The number of halogens is 1. The van der Waals surface area contributed by atoms with E-state index in [1.807, 2.05) is 48.2 Å². The summed E-state index contributed by atoms with van der Waals surface area (Å²) in [6.07, 6.45) is 4.56. The molecule has 1 aromatic heterocycles. The van der Waals surface area contributed by atoms with Crippen LogP contribution in [0.2, 0.25) is 5.02 Å². The first-order valence-corrected chi connectivity index (χ1v) is 14.3. The summed E-state index contributed by atoms with van der Waals surface area (Å²) in [5, 5.41) is 17.0. The van der Waals surface area contributed by atoms with Crippen molar-refractivity contribution in [3.63, 3.8) is 0 Å². The minimum absolute atomic E-state index is 0.265. The van der Waals surface area contributed by atoms with Gasteiger partial charge in [0, 0.05) is 42.5 Å². The van der Waals surface area contributed by atoms with Crippen LogP contribution in [0.3, 0.4) is 0 Å². The molecule has 3 aromatic carbocycles. The SMILES string of the molecule is CCOc1cc2ncc(C#N)c(Nc3ccc(OCc4ccccc4)c(Cl)c3)c2cc1NC(=O)C=CCN1CC1C(=O)OC. The fraction of sp³-hybridized carbons (Fsp3) is 0.212. The number of amides is 1. The monoisotopic (exact) mass is 611 g/mol. The van der Waals surface area contributed by atoms with E-state index in [-0.39, 0.29) is 17.9 Å². The van der Waals surface area contributed by atoms with Crippen LogP contribution in [0.5, 0.6) is 11.5 Å². The first-order chi connectivity index (χ1) is 21.4. The Morgan fingerprint density at radius 2 is 1.95 bits per heavy atom. The van der Waals surface area contributed by atoms with Crippen LogP contribution in [-0.4, -0.2) is 54.6 Å². The van der Waals surface area contributed by atoms with E-state index in [9.17, 15) is 14.9 Å². The molecule has 1 fully saturated rings. The maximum Gasteiger partial charge on any atom is 0.324 e. The molecule has 2 unspecified atom stereocenters. The molecule has 10 nitrogen and oxygen atoms in total. The third-order valence-corrected chi connectivity index (χ3v) is 7.18. The van der Waals surface area contributed by atoms with Crippen molar-refractivity contribution >= 4 is 51.4 Å². The minimum atomic E-state index is -0.376. The Morgan fingerprint density at radius 1 is 1.14 bits per heavy atom. The molecule has 1 amide bonds. The molecule has 1 aliphatic heterocycles. The molecule has 5 rings (SSSR count). The van der Waals surface area contributed by atoms with Crippen LogP contribution >= 0.6 is 11.6 Å². The fourth-order valence-corrected chi connectivity index (χ4v) is 4.83. The van der Waals surface area contributed by atoms with Gasteiger partial charge in [0.25, 0.3) is 0 Å². The molecule has 44 heavy (non-hydrogen) atoms. The van der Waals surface area contributed by atoms with Crippen LogP contribution in [-0.2, 0) is 20.9 Å². The van der Waals surface area contributed by atoms with E-state index in [1.54, 1.807) is 30.3 Å². The summed E-state index contributed by atoms with van der Waals surface area (Å²) < 4.78 is 16.4. The molecule has 4 aromatic rings. The number of fused-ring (bicyclic) bond motifs is 1. The van der Waals surface area contributed by atoms with Crippen molar-refractivity contribution < 1.29 is 23.8 Å². The normalized spacial score (nSPS) is 15.4. The molecule has 1 aliphatic rings. The Kier molecular flexibility index (Phi) is 9.59. The van der Waals surface area contributed by atoms with Crippen LogP contribution < -0.4 is 20.1 Å². The van der Waals surface area contributed by atoms with Crippen molar-refractivity contribution in [2.45, 2.75) is 19.6 Å². The molecule has 0 aliphatic carbocycles. The number of aromatic nitrogens is 1. The highest BCUT2D eigenvalue weighted by Crippen LogP contribution is 2.37. The van der Waals surface area contributed by atoms with Crippen molar-refractivity contribution in [1.29, 1.82) is 5.26 Å². The van der Waals surface area contributed by atoms with Crippen molar-refractivity contribution in [1.82, 2.24) is 9.88 Å². The molecule has 1 saturated heterocycles. The summed E-state index contributed by atoms with van der Waals surface area (Å²) in [4.78, 5) is 30.7. The Hall–Kier alpha value is -5.11. The highest BCUT2D eigenvalue weighted by atomic mass is 35.5. The van der Waals surface area contributed by atoms with Gasteiger partial charge >= 0.3 is 5.97 Å². The van der Waals surface area contributed by atoms with Gasteiger partial charge in [-0.05, 0) is 36.8 Å². The standard InChI is InChI=1S/C33H30ClN5O5/c1-3-43-30-16-26-24(15-27(30)38-31(40)10-7-13-39-19-28(39)33(41)42-2)32(22(17-35)18-36-26)37-23-11-12-29(25(34)14-23)44-20-21-8-5-4-6-9-21/h4-12,14-16,18,28H,3,13,19-20H2,1-2H3,(H,36,37)(H,38,40). The number of nitrogens with one attached hydrogen (secondary N) is 2. The number of benzene rings is 3. The van der Waals surface area contributed by atoms with Crippen LogP contribution in [0.15, 0.2) is 79.0 Å². The number of hydrogen-bond acceptors (Lipinski definition) is 9. The van der Waals surface area contributed by atoms with E-state index >= 15 is 0 Å². The molecular weight excluding hydrogens is 582 g/mol. The minimum Gasteiger partial charge on any atom is -0.492 e. The van der Waals surface area contributed by atoms with Crippen LogP contribution in [0.4, 0.5) is 17.1 Å². The Labute approximate surface area is 259 Å². The second-order valence-electron chi connectivity index (χ2n) is 9.89. The maximum atomic E-state index is 12.8. The van der Waals surface area contributed by atoms with Gasteiger partial charge in [0.05, 0.1) is 41.2 Å². The molecule has 0 saturated carbocycles. The number of esters is 1. The number of anilines is 3. The van der Waals surface area contributed by atoms with Gasteiger partial charge in [0.2, 0.25) is 5.91 Å². The predicted octanol–water partition coefficient (Wildman–Crippen LogP) is 5.83. The number of pyridine rings is 1. The van der Waals surface area contributed by atoms with Gasteiger partial charge in [0.1, 0.15) is 30.2 Å². The Balaban J connectivity index is 1.37. The lowest BCUT2D eigenvalue weighted by atomic mass is 10.1. The van der Waals surface area contributed by atoms with E-state index < -0.39 is 0 Å². The smallest absolute Gasteiger partial charge is 0.324 e. The van der Waals surface area contributed by atoms with Crippen molar-refractivity contribution in [2.75, 3.05) is 37.4 Å². The summed E-state index contributed by atoms with van der Waals surface area (Å²) >= 11 is 6.55. The molecule has 0 bridgehead atoms. The molecule has 11 heteroatoms. The van der Waals surface area contributed by atoms with Crippen molar-refractivity contribution in [3.05, 3.63) is 95.2 Å². The zero-order valence-corrected chi connectivity index (χ0v) is 24.9. The van der Waals surface area contributed by atoms with Gasteiger partial charge < -0.3 is 24.8 Å². The zero-order valence-electron chi connectivity index (χ0n) is 24.2. The number of carbonyl (C=O) groups excluding carboxylic acids is 2. The molecule has 2 heterocycles. The van der Waals surface area contributed by atoms with Gasteiger partial charge in [-0.3, -0.25) is 19.5 Å². The van der Waals surface area contributed by atoms with Gasteiger partial charge in [-0.25, -0.2) is 0 Å². The number of carbonyl (C=O) groups is 2. The van der Waals surface area contributed by atoms with Crippen molar-refractivity contribution in [2.24, 2.45) is 0 Å². The molecule has 2 atom stereocenters. The van der Waals surface area contributed by atoms with E-state index in [0.29, 0.717) is 76.4 Å². The highest BCUT2D eigenvalue weighted by Gasteiger charge is 2.40. The second-order valence-corrected chi connectivity index (χ2v) is 10.3. The molecule has 2 N–H and O–H groups in total. The lowest BCUT2D eigenvalue weighted by Crippen LogP contribution is -2.15. The molecule has 0 radical (unpaired) electrons. The number of nitrogens with zero attached hydrogens (tertiary/aromatic N) is 3. The molecular formula is C33H30ClN5O5. The van der Waals surface area contributed by atoms with Crippen LogP contribution in [0.1, 0.15) is 18.1 Å². The van der Waals surface area contributed by atoms with Gasteiger partial charge in [0.15, 0.2) is 0 Å². The number of hydrogen-bond donors (Lipinski definition) is 2. The quantitative estimate of drug-likeness (QED) is 0.116. The number of methoxy groups -OCH3 is 1. The largest absolute Gasteiger partial charge is 0.492 e. The average Bonchev–Trinajstić information content (AvgIpc) is 3.81. The highest BCUT2D eigenvalue weighted by molar-refractivity contribution is 6.32. The van der Waals surface area contributed by atoms with E-state index in [0.717, 1.165) is 5.56 Å². The Morgan fingerprint density at radius 3 is 2.68 bits per heavy atom. The van der Waals surface area contributed by atoms with Gasteiger partial charge in [-0.15, -0.1) is 0 Å². The topological polar surface area (TPSA) is 126 Å². The third kappa shape index (κ3) is 7.26. The van der Waals surface area contributed by atoms with Gasteiger partial charge in [-0.2, -0.15) is 5.26 Å². The predicted molar refractivity (Wildman–Crippen MR) is 168 cm³/mol. The Bertz CT molecular complexity index is 1760. The number of nitriles is 1. The van der Waals surface area contributed by atoms with Crippen LogP contribution in [0, 0.1) is 11.3 Å². The van der Waals surface area contributed by atoms with Crippen molar-refractivity contribution in [3.8, 4) is 17.6 Å². The zero-order chi connectivity index (χ0) is 31.1. The third-order valence-electron chi connectivity index (χ3n) is 6.88. The summed E-state index contributed by atoms with van der Waals surface area (Å²) in [6, 6.07) is 20.4. The van der Waals surface area contributed by atoms with E-state index in [2.05, 4.69) is 21.7 Å². The summed E-state index contributed by atoms with van der Waals surface area (Å²) in [7, 11) is 1.35. The molecule has 224 valence electrons. The first-order valence-electron chi connectivity index (χ1n) is 13.9. The lowest BCUT2D eigenvalue weighted by Gasteiger charge is -2.16. The van der Waals surface area contributed by atoms with E-state index in [4.69, 9.17) is 25.8 Å².